The molecule has 0 aromatic heterocycles. The van der Waals surface area contributed by atoms with Gasteiger partial charge in [-0.3, -0.25) is 0 Å². The minimum Gasteiger partial charge on any atom is -0.494 e. The molecule has 23 heavy (non-hydrogen) atoms. The molecule has 0 bridgehead atoms. The lowest BCUT2D eigenvalue weighted by Crippen LogP contribution is -2.86. The molecule has 0 unspecified atom stereocenters. The van der Waals surface area contributed by atoms with Gasteiger partial charge in [0.25, 0.3) is 0 Å². The average molecular weight is 310 g/mol. The molecule has 3 rings (SSSR count). The highest BCUT2D eigenvalue weighted by molar-refractivity contribution is 5.27. The van der Waals surface area contributed by atoms with Crippen LogP contribution in [0.4, 0.5) is 0 Å². The van der Waals surface area contributed by atoms with Gasteiger partial charge >= 0.3 is 0 Å². The van der Waals surface area contributed by atoms with Crippen LogP contribution in [0, 0.1) is 0 Å². The van der Waals surface area contributed by atoms with E-state index in [1.165, 1.54) is 43.4 Å². The second-order valence-electron chi connectivity index (χ2n) is 6.63. The van der Waals surface area contributed by atoms with E-state index < -0.39 is 0 Å². The van der Waals surface area contributed by atoms with E-state index in [-0.39, 0.29) is 0 Å². The predicted molar refractivity (Wildman–Crippen MR) is 94.7 cm³/mol. The molecule has 0 saturated heterocycles. The fourth-order valence-corrected chi connectivity index (χ4v) is 3.86. The molecular formula is C21H28NO+. The summed E-state index contributed by atoms with van der Waals surface area (Å²) in [7, 11) is 0. The Labute approximate surface area is 139 Å². The summed E-state index contributed by atoms with van der Waals surface area (Å²) < 4.78 is 5.51. The van der Waals surface area contributed by atoms with Gasteiger partial charge in [-0.05, 0) is 49.6 Å². The Bertz CT molecular complexity index is 585. The van der Waals surface area contributed by atoms with Gasteiger partial charge < -0.3 is 10.1 Å². The number of hydrogen-bond acceptors (Lipinski definition) is 1. The molecule has 0 atom stereocenters. The first-order valence-corrected chi connectivity index (χ1v) is 8.91. The summed E-state index contributed by atoms with van der Waals surface area (Å²) >= 11 is 0. The second-order valence-corrected chi connectivity index (χ2v) is 6.63. The van der Waals surface area contributed by atoms with E-state index in [1.807, 2.05) is 6.92 Å². The summed E-state index contributed by atoms with van der Waals surface area (Å²) in [5.41, 5.74) is 3.28. The van der Waals surface area contributed by atoms with Crippen molar-refractivity contribution in [3.8, 4) is 5.75 Å². The molecular weight excluding hydrogens is 282 g/mol. The van der Waals surface area contributed by atoms with Crippen LogP contribution < -0.4 is 10.1 Å². The van der Waals surface area contributed by atoms with Crippen molar-refractivity contribution in [3.63, 3.8) is 0 Å². The lowest BCUT2D eigenvalue weighted by atomic mass is 9.79. The largest absolute Gasteiger partial charge is 0.494 e. The lowest BCUT2D eigenvalue weighted by Gasteiger charge is -2.27. The Morgan fingerprint density at radius 1 is 0.957 bits per heavy atom. The minimum absolute atomic E-state index is 0.381. The van der Waals surface area contributed by atoms with Crippen LogP contribution in [0.1, 0.15) is 43.7 Å². The third-order valence-corrected chi connectivity index (χ3v) is 5.10. The van der Waals surface area contributed by atoms with E-state index in [0.29, 0.717) is 5.41 Å². The van der Waals surface area contributed by atoms with Gasteiger partial charge in [-0.2, -0.15) is 0 Å². The Balaban J connectivity index is 1.59. The highest BCUT2D eigenvalue weighted by atomic mass is 16.5. The molecule has 0 heterocycles. The summed E-state index contributed by atoms with van der Waals surface area (Å²) in [4.78, 5) is 0. The smallest absolute Gasteiger partial charge is 0.119 e. The standard InChI is InChI=1S/C21H27NO/c1-2-23-20-12-10-18(11-13-20)16-22-17-21(14-6-7-15-21)19-8-4-3-5-9-19/h3-5,8-13,22H,2,6-7,14-17H2,1H3/p+1. The first-order chi connectivity index (χ1) is 11.3. The summed E-state index contributed by atoms with van der Waals surface area (Å²) in [6, 6.07) is 19.6. The summed E-state index contributed by atoms with van der Waals surface area (Å²) in [5.74, 6) is 0.966. The van der Waals surface area contributed by atoms with Gasteiger partial charge in [0.15, 0.2) is 0 Å². The van der Waals surface area contributed by atoms with E-state index in [9.17, 15) is 0 Å². The van der Waals surface area contributed by atoms with Crippen LogP contribution in [0.25, 0.3) is 0 Å². The van der Waals surface area contributed by atoms with Crippen molar-refractivity contribution < 1.29 is 10.1 Å². The Hall–Kier alpha value is -1.80. The quantitative estimate of drug-likeness (QED) is 0.830. The molecule has 1 fully saturated rings. The normalized spacial score (nSPS) is 16.4. The van der Waals surface area contributed by atoms with Crippen molar-refractivity contribution in [1.29, 1.82) is 0 Å². The van der Waals surface area contributed by atoms with Crippen molar-refractivity contribution in [2.75, 3.05) is 13.2 Å². The van der Waals surface area contributed by atoms with Crippen LogP contribution in [-0.4, -0.2) is 13.2 Å². The Morgan fingerprint density at radius 3 is 2.30 bits per heavy atom. The van der Waals surface area contributed by atoms with Gasteiger partial charge in [0.2, 0.25) is 0 Å². The topological polar surface area (TPSA) is 25.8 Å². The van der Waals surface area contributed by atoms with Crippen LogP contribution in [-0.2, 0) is 12.0 Å². The second kappa shape index (κ2) is 7.65. The van der Waals surface area contributed by atoms with Crippen LogP contribution in [0.2, 0.25) is 0 Å². The first kappa shape index (κ1) is 16.1. The zero-order valence-electron chi connectivity index (χ0n) is 14.1. The summed E-state index contributed by atoms with van der Waals surface area (Å²) in [5, 5.41) is 2.48. The zero-order valence-corrected chi connectivity index (χ0v) is 14.1. The number of nitrogens with two attached hydrogens (primary N) is 1. The van der Waals surface area contributed by atoms with Crippen molar-refractivity contribution in [1.82, 2.24) is 0 Å². The highest BCUT2D eigenvalue weighted by Gasteiger charge is 2.37. The molecule has 0 radical (unpaired) electrons. The fraction of sp³-hybridized carbons (Fsp3) is 0.429. The van der Waals surface area contributed by atoms with Crippen molar-refractivity contribution in [2.24, 2.45) is 0 Å². The number of rotatable bonds is 7. The molecule has 2 nitrogen and oxygen atoms in total. The molecule has 0 amide bonds. The predicted octanol–water partition coefficient (Wildman–Crippen LogP) is 3.66. The molecule has 1 aliphatic carbocycles. The Morgan fingerprint density at radius 2 is 1.65 bits per heavy atom. The molecule has 2 heteroatoms. The van der Waals surface area contributed by atoms with Gasteiger partial charge in [-0.1, -0.05) is 43.2 Å². The van der Waals surface area contributed by atoms with Crippen LogP contribution in [0.5, 0.6) is 5.75 Å². The minimum atomic E-state index is 0.381. The van der Waals surface area contributed by atoms with Crippen LogP contribution >= 0.6 is 0 Å². The van der Waals surface area contributed by atoms with Crippen molar-refractivity contribution >= 4 is 0 Å². The highest BCUT2D eigenvalue weighted by Crippen LogP contribution is 2.39. The SMILES string of the molecule is CCOc1ccc(C[NH2+]CC2(c3ccccc3)CCCC2)cc1. The molecule has 2 aromatic rings. The zero-order chi connectivity index (χ0) is 16.0. The maximum atomic E-state index is 5.51. The molecule has 2 N–H and O–H groups in total. The van der Waals surface area contributed by atoms with Crippen LogP contribution in [0.15, 0.2) is 54.6 Å². The number of quaternary nitrogens is 1. The molecule has 0 aliphatic heterocycles. The maximum absolute atomic E-state index is 5.51. The van der Waals surface area contributed by atoms with Gasteiger partial charge in [0.1, 0.15) is 12.3 Å². The third-order valence-electron chi connectivity index (χ3n) is 5.10. The summed E-state index contributed by atoms with van der Waals surface area (Å²) in [6.45, 7) is 4.97. The number of hydrogen-bond donors (Lipinski definition) is 1. The van der Waals surface area contributed by atoms with Crippen LogP contribution in [0.3, 0.4) is 0 Å². The van der Waals surface area contributed by atoms with Gasteiger partial charge in [-0.25, -0.2) is 0 Å². The van der Waals surface area contributed by atoms with E-state index >= 15 is 0 Å². The van der Waals surface area contributed by atoms with E-state index in [0.717, 1.165) is 18.9 Å². The third kappa shape index (κ3) is 3.94. The van der Waals surface area contributed by atoms with Gasteiger partial charge in [0, 0.05) is 11.0 Å². The van der Waals surface area contributed by atoms with E-state index in [1.54, 1.807) is 0 Å². The summed E-state index contributed by atoms with van der Waals surface area (Å²) in [6.07, 6.45) is 5.39. The number of ether oxygens (including phenoxy) is 1. The van der Waals surface area contributed by atoms with E-state index in [4.69, 9.17) is 4.74 Å². The maximum Gasteiger partial charge on any atom is 0.119 e. The average Bonchev–Trinajstić information content (AvgIpc) is 3.08. The molecule has 0 spiro atoms. The fourth-order valence-electron chi connectivity index (χ4n) is 3.86. The first-order valence-electron chi connectivity index (χ1n) is 8.91. The van der Waals surface area contributed by atoms with Gasteiger partial charge in [0.05, 0.1) is 13.2 Å². The van der Waals surface area contributed by atoms with Gasteiger partial charge in [-0.15, -0.1) is 0 Å². The monoisotopic (exact) mass is 310 g/mol. The number of benzene rings is 2. The van der Waals surface area contributed by atoms with Crippen molar-refractivity contribution in [3.05, 3.63) is 65.7 Å². The lowest BCUT2D eigenvalue weighted by molar-refractivity contribution is -0.677. The Kier molecular flexibility index (Phi) is 5.35. The molecule has 1 saturated carbocycles. The molecule has 1 aliphatic rings. The molecule has 2 aromatic carbocycles. The molecule has 122 valence electrons. The van der Waals surface area contributed by atoms with E-state index in [2.05, 4.69) is 59.9 Å². The van der Waals surface area contributed by atoms with Crippen molar-refractivity contribution in [2.45, 2.75) is 44.6 Å².